The molecule has 0 saturated heterocycles. The van der Waals surface area contributed by atoms with Crippen molar-refractivity contribution in [2.75, 3.05) is 12.4 Å². The van der Waals surface area contributed by atoms with Crippen molar-refractivity contribution in [2.45, 2.75) is 6.42 Å². The van der Waals surface area contributed by atoms with Crippen LogP contribution in [-0.2, 0) is 6.42 Å². The molecule has 0 atom stereocenters. The second-order valence-electron chi connectivity index (χ2n) is 4.97. The number of thiazole rings is 1. The third-order valence-electron chi connectivity index (χ3n) is 3.31. The molecule has 4 nitrogen and oxygen atoms in total. The molecular weight excluding hydrogens is 308 g/mol. The van der Waals surface area contributed by atoms with Crippen LogP contribution in [0.15, 0.2) is 60.0 Å². The Morgan fingerprint density at radius 3 is 2.78 bits per heavy atom. The van der Waals surface area contributed by atoms with E-state index in [2.05, 4.69) is 22.4 Å². The fourth-order valence-corrected chi connectivity index (χ4v) is 2.97. The molecule has 1 N–H and O–H groups in total. The molecule has 0 unspecified atom stereocenters. The van der Waals surface area contributed by atoms with Crippen LogP contribution in [0.2, 0.25) is 0 Å². The van der Waals surface area contributed by atoms with Gasteiger partial charge in [-0.25, -0.2) is 4.98 Å². The van der Waals surface area contributed by atoms with Crippen LogP contribution in [0.1, 0.15) is 21.1 Å². The van der Waals surface area contributed by atoms with E-state index in [1.54, 1.807) is 18.6 Å². The molecule has 0 radical (unpaired) electrons. The minimum Gasteiger partial charge on any atom is -0.497 e. The zero-order valence-electron chi connectivity index (χ0n) is 12.7. The number of methoxy groups -OCH3 is 1. The molecule has 1 aromatic heterocycles. The Hall–Kier alpha value is -2.66. The Bertz CT molecular complexity index is 800. The van der Waals surface area contributed by atoms with Crippen molar-refractivity contribution in [3.05, 3.63) is 76.2 Å². The Kier molecular flexibility index (Phi) is 4.68. The number of carbonyl (C=O) groups is 1. The maximum Gasteiger partial charge on any atom is 0.275 e. The van der Waals surface area contributed by atoms with Gasteiger partial charge in [-0.05, 0) is 17.7 Å². The molecule has 0 fully saturated rings. The summed E-state index contributed by atoms with van der Waals surface area (Å²) in [5.74, 6) is 0.486. The third-order valence-corrected chi connectivity index (χ3v) is 4.16. The second-order valence-corrected chi connectivity index (χ2v) is 5.92. The lowest BCUT2D eigenvalue weighted by molar-refractivity contribution is 0.102. The molecule has 23 heavy (non-hydrogen) atoms. The highest BCUT2D eigenvalue weighted by molar-refractivity contribution is 7.09. The molecule has 116 valence electrons. The van der Waals surface area contributed by atoms with Gasteiger partial charge in [-0.1, -0.05) is 36.4 Å². The molecular formula is C18H16N2O2S. The summed E-state index contributed by atoms with van der Waals surface area (Å²) in [6.45, 7) is 0. The van der Waals surface area contributed by atoms with E-state index in [9.17, 15) is 4.79 Å². The standard InChI is InChI=1S/C18H16N2O2S/c1-22-15-9-5-8-14(11-15)19-18(21)16-12-23-17(20-16)10-13-6-3-2-4-7-13/h2-9,11-12H,10H2,1H3,(H,19,21). The Morgan fingerprint density at radius 1 is 1.17 bits per heavy atom. The Labute approximate surface area is 138 Å². The van der Waals surface area contributed by atoms with Crippen molar-refractivity contribution in [1.29, 1.82) is 0 Å². The maximum absolute atomic E-state index is 12.3. The number of hydrogen-bond donors (Lipinski definition) is 1. The molecule has 0 bridgehead atoms. The molecule has 0 saturated carbocycles. The fraction of sp³-hybridized carbons (Fsp3) is 0.111. The van der Waals surface area contributed by atoms with E-state index in [0.29, 0.717) is 17.1 Å². The summed E-state index contributed by atoms with van der Waals surface area (Å²) < 4.78 is 5.15. The molecule has 1 amide bonds. The number of hydrogen-bond acceptors (Lipinski definition) is 4. The maximum atomic E-state index is 12.3. The zero-order chi connectivity index (χ0) is 16.1. The quantitative estimate of drug-likeness (QED) is 0.772. The van der Waals surface area contributed by atoms with Crippen molar-refractivity contribution in [2.24, 2.45) is 0 Å². The van der Waals surface area contributed by atoms with Gasteiger partial charge >= 0.3 is 0 Å². The van der Waals surface area contributed by atoms with Gasteiger partial charge in [0.2, 0.25) is 0 Å². The Morgan fingerprint density at radius 2 is 2.00 bits per heavy atom. The largest absolute Gasteiger partial charge is 0.497 e. The van der Waals surface area contributed by atoms with Gasteiger partial charge in [0.05, 0.1) is 12.1 Å². The lowest BCUT2D eigenvalue weighted by atomic mass is 10.2. The normalized spacial score (nSPS) is 10.3. The highest BCUT2D eigenvalue weighted by Gasteiger charge is 2.11. The molecule has 0 aliphatic carbocycles. The van der Waals surface area contributed by atoms with E-state index in [1.807, 2.05) is 36.4 Å². The lowest BCUT2D eigenvalue weighted by Gasteiger charge is -2.05. The van der Waals surface area contributed by atoms with Crippen molar-refractivity contribution in [1.82, 2.24) is 4.98 Å². The second kappa shape index (κ2) is 7.07. The minimum absolute atomic E-state index is 0.214. The van der Waals surface area contributed by atoms with Crippen LogP contribution in [0.3, 0.4) is 0 Å². The van der Waals surface area contributed by atoms with Gasteiger partial charge in [-0.2, -0.15) is 0 Å². The van der Waals surface area contributed by atoms with Crippen LogP contribution in [0.4, 0.5) is 5.69 Å². The van der Waals surface area contributed by atoms with E-state index in [-0.39, 0.29) is 5.91 Å². The van der Waals surface area contributed by atoms with Crippen LogP contribution in [0.5, 0.6) is 5.75 Å². The number of rotatable bonds is 5. The molecule has 1 heterocycles. The summed E-state index contributed by atoms with van der Waals surface area (Å²) in [6, 6.07) is 17.3. The molecule has 0 spiro atoms. The summed E-state index contributed by atoms with van der Waals surface area (Å²) in [5.41, 5.74) is 2.30. The first-order valence-electron chi connectivity index (χ1n) is 7.18. The number of anilines is 1. The van der Waals surface area contributed by atoms with Gasteiger partial charge in [0.1, 0.15) is 11.4 Å². The summed E-state index contributed by atoms with van der Waals surface area (Å²) in [7, 11) is 1.59. The predicted molar refractivity (Wildman–Crippen MR) is 92.3 cm³/mol. The van der Waals surface area contributed by atoms with Gasteiger partial charge in [0.25, 0.3) is 5.91 Å². The van der Waals surface area contributed by atoms with Crippen molar-refractivity contribution in [3.63, 3.8) is 0 Å². The number of nitrogens with one attached hydrogen (secondary N) is 1. The SMILES string of the molecule is COc1cccc(NC(=O)c2csc(Cc3ccccc3)n2)c1. The monoisotopic (exact) mass is 324 g/mol. The van der Waals surface area contributed by atoms with Crippen molar-refractivity contribution >= 4 is 22.9 Å². The first-order chi connectivity index (χ1) is 11.2. The van der Waals surface area contributed by atoms with Gasteiger partial charge in [-0.3, -0.25) is 4.79 Å². The molecule has 2 aromatic carbocycles. The molecule has 0 aliphatic heterocycles. The number of ether oxygens (including phenoxy) is 1. The molecule has 5 heteroatoms. The van der Waals surface area contributed by atoms with Crippen LogP contribution < -0.4 is 10.1 Å². The van der Waals surface area contributed by atoms with Gasteiger partial charge < -0.3 is 10.1 Å². The van der Waals surface area contributed by atoms with Crippen LogP contribution in [-0.4, -0.2) is 18.0 Å². The van der Waals surface area contributed by atoms with Gasteiger partial charge in [0.15, 0.2) is 0 Å². The molecule has 3 aromatic rings. The first-order valence-corrected chi connectivity index (χ1v) is 8.06. The minimum atomic E-state index is -0.214. The highest BCUT2D eigenvalue weighted by Crippen LogP contribution is 2.19. The number of nitrogens with zero attached hydrogens (tertiary/aromatic N) is 1. The van der Waals surface area contributed by atoms with Crippen molar-refractivity contribution in [3.8, 4) is 5.75 Å². The lowest BCUT2D eigenvalue weighted by Crippen LogP contribution is -2.12. The molecule has 3 rings (SSSR count). The summed E-state index contributed by atoms with van der Waals surface area (Å²) in [6.07, 6.45) is 0.734. The van der Waals surface area contributed by atoms with E-state index in [0.717, 1.165) is 11.4 Å². The smallest absolute Gasteiger partial charge is 0.275 e. The number of benzene rings is 2. The highest BCUT2D eigenvalue weighted by atomic mass is 32.1. The van der Waals surface area contributed by atoms with E-state index < -0.39 is 0 Å². The van der Waals surface area contributed by atoms with Crippen LogP contribution in [0.25, 0.3) is 0 Å². The average molecular weight is 324 g/mol. The van der Waals surface area contributed by atoms with Crippen molar-refractivity contribution < 1.29 is 9.53 Å². The number of amides is 1. The van der Waals surface area contributed by atoms with Crippen LogP contribution >= 0.6 is 11.3 Å². The predicted octanol–water partition coefficient (Wildman–Crippen LogP) is 3.99. The fourth-order valence-electron chi connectivity index (χ4n) is 2.16. The summed E-state index contributed by atoms with van der Waals surface area (Å²) >= 11 is 1.49. The zero-order valence-corrected chi connectivity index (χ0v) is 13.5. The first kappa shape index (κ1) is 15.2. The number of aromatic nitrogens is 1. The van der Waals surface area contributed by atoms with E-state index in [1.165, 1.54) is 16.9 Å². The third kappa shape index (κ3) is 3.96. The van der Waals surface area contributed by atoms with Gasteiger partial charge in [-0.15, -0.1) is 11.3 Å². The van der Waals surface area contributed by atoms with E-state index >= 15 is 0 Å². The summed E-state index contributed by atoms with van der Waals surface area (Å²) in [4.78, 5) is 16.7. The van der Waals surface area contributed by atoms with Gasteiger partial charge in [0, 0.05) is 23.6 Å². The topological polar surface area (TPSA) is 51.2 Å². The Balaban J connectivity index is 1.68. The average Bonchev–Trinajstić information content (AvgIpc) is 3.04. The molecule has 0 aliphatic rings. The number of carbonyl (C=O) groups excluding carboxylic acids is 1. The summed E-state index contributed by atoms with van der Waals surface area (Å²) in [5, 5.41) is 5.54. The van der Waals surface area contributed by atoms with E-state index in [4.69, 9.17) is 4.74 Å². The van der Waals surface area contributed by atoms with Crippen LogP contribution in [0, 0.1) is 0 Å².